The van der Waals surface area contributed by atoms with E-state index in [0.29, 0.717) is 21.4 Å². The number of nitrogens with one attached hydrogen (secondary N) is 1. The Kier molecular flexibility index (Phi) is 6.12. The van der Waals surface area contributed by atoms with Gasteiger partial charge in [-0.25, -0.2) is 14.1 Å². The molecule has 0 saturated heterocycles. The lowest BCUT2D eigenvalue weighted by atomic mass is 10.0. The number of carbonyl (C=O) groups is 1. The lowest BCUT2D eigenvalue weighted by Gasteiger charge is -2.11. The van der Waals surface area contributed by atoms with Crippen LogP contribution in [0.2, 0.25) is 10.0 Å². The average Bonchev–Trinajstić information content (AvgIpc) is 3.06. The third kappa shape index (κ3) is 4.59. The number of phenols is 1. The normalized spacial score (nSPS) is 10.9. The number of nitrogens with zero attached hydrogens (tertiary/aromatic N) is 3. The van der Waals surface area contributed by atoms with Gasteiger partial charge >= 0.3 is 0 Å². The summed E-state index contributed by atoms with van der Waals surface area (Å²) in [5.74, 6) is -0.464. The molecule has 0 bridgehead atoms. The summed E-state index contributed by atoms with van der Waals surface area (Å²) in [5.41, 5.74) is 3.39. The first-order valence-corrected chi connectivity index (χ1v) is 10.3. The number of amides is 1. The van der Waals surface area contributed by atoms with Gasteiger partial charge in [0, 0.05) is 10.6 Å². The van der Waals surface area contributed by atoms with Crippen LogP contribution in [0.4, 0.5) is 10.2 Å². The van der Waals surface area contributed by atoms with Crippen LogP contribution in [-0.2, 0) is 11.2 Å². The number of hydrogen-bond acceptors (Lipinski definition) is 4. The molecule has 0 aliphatic heterocycles. The van der Waals surface area contributed by atoms with Crippen molar-refractivity contribution >= 4 is 34.9 Å². The van der Waals surface area contributed by atoms with Crippen LogP contribution in [0.15, 0.2) is 60.8 Å². The molecule has 4 rings (SSSR count). The zero-order chi connectivity index (χ0) is 22.8. The van der Waals surface area contributed by atoms with E-state index in [1.807, 2.05) is 6.92 Å². The standard InChI is InChI=1S/C23H17Cl2FN4O2/c1-13-19(11-22(32)28-21-9-5-16(26)12-27-21)29-30(20-8-4-15(24)10-18(20)25)23(13)14-2-6-17(31)7-3-14/h2-10,12,31H,11H2,1H3,(H,27,28,32). The first-order valence-electron chi connectivity index (χ1n) is 9.56. The second-order valence-corrected chi connectivity index (χ2v) is 7.90. The fourth-order valence-corrected chi connectivity index (χ4v) is 3.77. The number of phenolic OH excluding ortho intramolecular Hbond substituents is 1. The minimum Gasteiger partial charge on any atom is -0.508 e. The Hall–Kier alpha value is -3.42. The van der Waals surface area contributed by atoms with E-state index >= 15 is 0 Å². The Morgan fingerprint density at radius 2 is 1.88 bits per heavy atom. The number of aromatic hydroxyl groups is 1. The van der Waals surface area contributed by atoms with Crippen molar-refractivity contribution in [2.24, 2.45) is 0 Å². The van der Waals surface area contributed by atoms with E-state index in [2.05, 4.69) is 15.4 Å². The van der Waals surface area contributed by atoms with Crippen molar-refractivity contribution < 1.29 is 14.3 Å². The van der Waals surface area contributed by atoms with Crippen LogP contribution < -0.4 is 5.32 Å². The Morgan fingerprint density at radius 1 is 1.12 bits per heavy atom. The van der Waals surface area contributed by atoms with Crippen molar-refractivity contribution in [1.82, 2.24) is 14.8 Å². The summed E-state index contributed by atoms with van der Waals surface area (Å²) in [4.78, 5) is 16.4. The highest BCUT2D eigenvalue weighted by Crippen LogP contribution is 2.33. The molecule has 0 aliphatic carbocycles. The SMILES string of the molecule is Cc1c(CC(=O)Nc2ccc(F)cn2)nn(-c2ccc(Cl)cc2Cl)c1-c1ccc(O)cc1. The van der Waals surface area contributed by atoms with E-state index in [4.69, 9.17) is 23.2 Å². The molecule has 6 nitrogen and oxygen atoms in total. The maximum Gasteiger partial charge on any atom is 0.231 e. The van der Waals surface area contributed by atoms with Gasteiger partial charge in [0.05, 0.1) is 34.7 Å². The van der Waals surface area contributed by atoms with Gasteiger partial charge in [0.2, 0.25) is 5.91 Å². The zero-order valence-electron chi connectivity index (χ0n) is 16.8. The molecule has 0 fully saturated rings. The number of anilines is 1. The summed E-state index contributed by atoms with van der Waals surface area (Å²) >= 11 is 12.5. The van der Waals surface area contributed by atoms with Gasteiger partial charge in [-0.2, -0.15) is 5.10 Å². The van der Waals surface area contributed by atoms with Crippen LogP contribution in [0.25, 0.3) is 16.9 Å². The number of pyridine rings is 1. The van der Waals surface area contributed by atoms with Crippen LogP contribution in [-0.4, -0.2) is 25.8 Å². The number of carbonyl (C=O) groups excluding carboxylic acids is 1. The predicted octanol–water partition coefficient (Wildman–Crippen LogP) is 5.58. The monoisotopic (exact) mass is 470 g/mol. The van der Waals surface area contributed by atoms with Crippen LogP contribution >= 0.6 is 23.2 Å². The molecular weight excluding hydrogens is 454 g/mol. The largest absolute Gasteiger partial charge is 0.508 e. The Bertz CT molecular complexity index is 1290. The molecule has 0 unspecified atom stereocenters. The van der Waals surface area contributed by atoms with E-state index < -0.39 is 5.82 Å². The van der Waals surface area contributed by atoms with Crippen molar-refractivity contribution in [1.29, 1.82) is 0 Å². The van der Waals surface area contributed by atoms with Gasteiger partial charge in [-0.1, -0.05) is 23.2 Å². The molecule has 2 N–H and O–H groups in total. The minimum absolute atomic E-state index is 0.0335. The molecule has 0 atom stereocenters. The molecule has 0 aliphatic rings. The third-order valence-corrected chi connectivity index (χ3v) is 5.36. The number of aromatic nitrogens is 3. The topological polar surface area (TPSA) is 80.0 Å². The highest BCUT2D eigenvalue weighted by atomic mass is 35.5. The van der Waals surface area contributed by atoms with Crippen molar-refractivity contribution in [2.45, 2.75) is 13.3 Å². The fraction of sp³-hybridized carbons (Fsp3) is 0.0870. The van der Waals surface area contributed by atoms with Gasteiger partial charge in [0.1, 0.15) is 17.4 Å². The Labute approximate surface area is 193 Å². The molecule has 0 radical (unpaired) electrons. The summed E-state index contributed by atoms with van der Waals surface area (Å²) < 4.78 is 14.7. The molecule has 4 aromatic rings. The molecule has 32 heavy (non-hydrogen) atoms. The van der Waals surface area contributed by atoms with Crippen molar-refractivity contribution in [3.63, 3.8) is 0 Å². The predicted molar refractivity (Wildman–Crippen MR) is 122 cm³/mol. The second-order valence-electron chi connectivity index (χ2n) is 7.06. The molecule has 162 valence electrons. The quantitative estimate of drug-likeness (QED) is 0.399. The smallest absolute Gasteiger partial charge is 0.231 e. The molecule has 0 saturated carbocycles. The Morgan fingerprint density at radius 3 is 2.53 bits per heavy atom. The van der Waals surface area contributed by atoms with E-state index in [-0.39, 0.29) is 23.9 Å². The molecule has 0 spiro atoms. The van der Waals surface area contributed by atoms with Crippen molar-refractivity contribution in [3.05, 3.63) is 87.9 Å². The summed E-state index contributed by atoms with van der Waals surface area (Å²) in [6, 6.07) is 14.3. The maximum atomic E-state index is 13.1. The van der Waals surface area contributed by atoms with Gasteiger partial charge in [0.25, 0.3) is 0 Å². The van der Waals surface area contributed by atoms with E-state index in [1.54, 1.807) is 47.1 Å². The zero-order valence-corrected chi connectivity index (χ0v) is 18.3. The summed E-state index contributed by atoms with van der Waals surface area (Å²) in [5, 5.41) is 17.8. The van der Waals surface area contributed by atoms with E-state index in [1.165, 1.54) is 12.1 Å². The van der Waals surface area contributed by atoms with Crippen LogP contribution in [0, 0.1) is 12.7 Å². The fourth-order valence-electron chi connectivity index (χ4n) is 3.28. The molecule has 2 heterocycles. The van der Waals surface area contributed by atoms with E-state index in [9.17, 15) is 14.3 Å². The first kappa shape index (κ1) is 21.8. The minimum atomic E-state index is -0.490. The van der Waals surface area contributed by atoms with Gasteiger partial charge in [-0.15, -0.1) is 0 Å². The highest BCUT2D eigenvalue weighted by molar-refractivity contribution is 6.35. The molecule has 2 aromatic heterocycles. The number of benzene rings is 2. The van der Waals surface area contributed by atoms with Crippen LogP contribution in [0.3, 0.4) is 0 Å². The van der Waals surface area contributed by atoms with Crippen LogP contribution in [0.5, 0.6) is 5.75 Å². The summed E-state index contributed by atoms with van der Waals surface area (Å²) in [6.07, 6.45) is 0.995. The lowest BCUT2D eigenvalue weighted by Crippen LogP contribution is -2.16. The van der Waals surface area contributed by atoms with Gasteiger partial charge in [-0.3, -0.25) is 4.79 Å². The summed E-state index contributed by atoms with van der Waals surface area (Å²) in [6.45, 7) is 1.86. The maximum absolute atomic E-state index is 13.1. The van der Waals surface area contributed by atoms with Crippen molar-refractivity contribution in [3.8, 4) is 22.7 Å². The average molecular weight is 471 g/mol. The number of halogens is 3. The second kappa shape index (κ2) is 8.98. The number of hydrogen-bond donors (Lipinski definition) is 2. The van der Waals surface area contributed by atoms with Gasteiger partial charge < -0.3 is 10.4 Å². The highest BCUT2D eigenvalue weighted by Gasteiger charge is 2.21. The van der Waals surface area contributed by atoms with Crippen LogP contribution in [0.1, 0.15) is 11.3 Å². The van der Waals surface area contributed by atoms with Gasteiger partial charge in [0.15, 0.2) is 0 Å². The van der Waals surface area contributed by atoms with Gasteiger partial charge in [-0.05, 0) is 67.1 Å². The summed E-state index contributed by atoms with van der Waals surface area (Å²) in [7, 11) is 0. The number of rotatable bonds is 5. The van der Waals surface area contributed by atoms with Crippen molar-refractivity contribution in [2.75, 3.05) is 5.32 Å². The molecule has 1 amide bonds. The lowest BCUT2D eigenvalue weighted by molar-refractivity contribution is -0.115. The molecular formula is C23H17Cl2FN4O2. The first-order chi connectivity index (χ1) is 15.3. The Balaban J connectivity index is 1.74. The van der Waals surface area contributed by atoms with E-state index in [0.717, 1.165) is 23.0 Å². The third-order valence-electron chi connectivity index (χ3n) is 4.82. The molecule has 2 aromatic carbocycles. The molecule has 9 heteroatoms.